The summed E-state index contributed by atoms with van der Waals surface area (Å²) in [5.41, 5.74) is 1.37. The van der Waals surface area contributed by atoms with E-state index in [1.807, 2.05) is 18.2 Å². The summed E-state index contributed by atoms with van der Waals surface area (Å²) in [5, 5.41) is 10.9. The predicted octanol–water partition coefficient (Wildman–Crippen LogP) is 2.07. The molecule has 0 bridgehead atoms. The van der Waals surface area contributed by atoms with E-state index < -0.39 is 0 Å². The van der Waals surface area contributed by atoms with Crippen LogP contribution in [-0.4, -0.2) is 28.8 Å². The molecule has 1 aliphatic heterocycles. The highest BCUT2D eigenvalue weighted by Crippen LogP contribution is 2.28. The van der Waals surface area contributed by atoms with Crippen molar-refractivity contribution in [1.29, 1.82) is 0 Å². The van der Waals surface area contributed by atoms with Crippen molar-refractivity contribution in [2.24, 2.45) is 5.92 Å². The molecule has 2 heterocycles. The lowest BCUT2D eigenvalue weighted by atomic mass is 10.1. The Morgan fingerprint density at radius 2 is 2.35 bits per heavy atom. The Hall–Kier alpha value is -1.85. The van der Waals surface area contributed by atoms with Crippen molar-refractivity contribution in [3.63, 3.8) is 0 Å². The molecule has 2 aromatic rings. The molecule has 104 valence electrons. The van der Waals surface area contributed by atoms with E-state index >= 15 is 0 Å². The van der Waals surface area contributed by atoms with Crippen molar-refractivity contribution in [2.45, 2.75) is 6.42 Å². The molecule has 6 heteroatoms. The van der Waals surface area contributed by atoms with Crippen molar-refractivity contribution in [2.75, 3.05) is 18.4 Å². The van der Waals surface area contributed by atoms with Gasteiger partial charge in [-0.3, -0.25) is 4.79 Å². The molecule has 1 fully saturated rings. The van der Waals surface area contributed by atoms with Gasteiger partial charge in [0.05, 0.1) is 16.6 Å². The Balaban J connectivity index is 1.89. The average molecular weight is 291 g/mol. The number of hydrogen-bond acceptors (Lipinski definition) is 3. The molecule has 1 atom stereocenters. The molecule has 1 unspecified atom stereocenters. The molecule has 0 aliphatic carbocycles. The number of amides is 1. The van der Waals surface area contributed by atoms with Crippen LogP contribution >= 0.6 is 11.6 Å². The minimum atomic E-state index is 0.0134. The molecule has 5 nitrogen and oxygen atoms in total. The van der Waals surface area contributed by atoms with E-state index in [0.29, 0.717) is 16.4 Å². The van der Waals surface area contributed by atoms with Gasteiger partial charge in [0.15, 0.2) is 0 Å². The maximum Gasteiger partial charge on any atom is 0.228 e. The lowest BCUT2D eigenvalue weighted by Gasteiger charge is -2.15. The minimum Gasteiger partial charge on any atom is -0.324 e. The van der Waals surface area contributed by atoms with E-state index in [4.69, 9.17) is 11.6 Å². The van der Waals surface area contributed by atoms with Crippen molar-refractivity contribution in [3.05, 3.63) is 41.7 Å². The summed E-state index contributed by atoms with van der Waals surface area (Å²) >= 11 is 6.24. The Morgan fingerprint density at radius 3 is 3.05 bits per heavy atom. The Labute approximate surface area is 121 Å². The van der Waals surface area contributed by atoms with Gasteiger partial charge in [0.25, 0.3) is 0 Å². The summed E-state index contributed by atoms with van der Waals surface area (Å²) in [6.07, 6.45) is 4.34. The first-order chi connectivity index (χ1) is 9.75. The number of hydrogen-bond donors (Lipinski definition) is 2. The van der Waals surface area contributed by atoms with E-state index in [1.54, 1.807) is 23.1 Å². The van der Waals surface area contributed by atoms with Gasteiger partial charge in [0, 0.05) is 18.9 Å². The number of carbonyl (C=O) groups excluding carboxylic acids is 1. The summed E-state index contributed by atoms with van der Waals surface area (Å²) in [6, 6.07) is 7.25. The van der Waals surface area contributed by atoms with Gasteiger partial charge in [-0.1, -0.05) is 17.7 Å². The third kappa shape index (κ3) is 2.55. The number of halogens is 1. The van der Waals surface area contributed by atoms with Gasteiger partial charge in [0.1, 0.15) is 5.69 Å². The fraction of sp³-hybridized carbons (Fsp3) is 0.286. The molecule has 1 saturated heterocycles. The summed E-state index contributed by atoms with van der Waals surface area (Å²) in [4.78, 5) is 12.2. The van der Waals surface area contributed by atoms with Gasteiger partial charge in [0.2, 0.25) is 5.91 Å². The normalized spacial score (nSPS) is 18.1. The zero-order valence-electron chi connectivity index (χ0n) is 10.8. The number of anilines is 1. The van der Waals surface area contributed by atoms with Crippen LogP contribution in [0.25, 0.3) is 5.69 Å². The lowest BCUT2D eigenvalue weighted by molar-refractivity contribution is -0.119. The molecule has 1 aliphatic rings. The first-order valence-corrected chi connectivity index (χ1v) is 6.93. The van der Waals surface area contributed by atoms with Crippen molar-refractivity contribution in [3.8, 4) is 5.69 Å². The molecule has 3 rings (SSSR count). The first kappa shape index (κ1) is 13.1. The summed E-state index contributed by atoms with van der Waals surface area (Å²) < 4.78 is 1.66. The second-order valence-corrected chi connectivity index (χ2v) is 5.17. The zero-order valence-corrected chi connectivity index (χ0v) is 11.6. The predicted molar refractivity (Wildman–Crippen MR) is 78.2 cm³/mol. The van der Waals surface area contributed by atoms with Crippen LogP contribution < -0.4 is 10.6 Å². The van der Waals surface area contributed by atoms with Crippen LogP contribution in [0.3, 0.4) is 0 Å². The molecular weight excluding hydrogens is 276 g/mol. The Morgan fingerprint density at radius 1 is 1.45 bits per heavy atom. The van der Waals surface area contributed by atoms with Crippen molar-refractivity contribution >= 4 is 23.2 Å². The number of rotatable bonds is 3. The molecule has 0 saturated carbocycles. The standard InChI is InChI=1S/C14H15ClN4O/c15-11-3-1-4-12(13(11)19-8-2-6-17-19)18-14(20)10-5-7-16-9-10/h1-4,6,8,10,16H,5,7,9H2,(H,18,20). The van der Waals surface area contributed by atoms with Crippen LogP contribution in [0, 0.1) is 5.92 Å². The fourth-order valence-corrected chi connectivity index (χ4v) is 2.62. The van der Waals surface area contributed by atoms with Crippen LogP contribution in [0.15, 0.2) is 36.7 Å². The van der Waals surface area contributed by atoms with Gasteiger partial charge >= 0.3 is 0 Å². The highest BCUT2D eigenvalue weighted by molar-refractivity contribution is 6.33. The molecule has 1 aromatic heterocycles. The van der Waals surface area contributed by atoms with Crippen LogP contribution in [0.5, 0.6) is 0 Å². The highest BCUT2D eigenvalue weighted by Gasteiger charge is 2.23. The third-order valence-corrected chi connectivity index (χ3v) is 3.71. The molecule has 0 radical (unpaired) electrons. The maximum absolute atomic E-state index is 12.2. The second-order valence-electron chi connectivity index (χ2n) is 4.77. The largest absolute Gasteiger partial charge is 0.324 e. The van der Waals surface area contributed by atoms with Crippen molar-refractivity contribution in [1.82, 2.24) is 15.1 Å². The molecule has 1 amide bonds. The molecule has 2 N–H and O–H groups in total. The van der Waals surface area contributed by atoms with Gasteiger partial charge < -0.3 is 10.6 Å². The number of nitrogens with one attached hydrogen (secondary N) is 2. The molecule has 1 aromatic carbocycles. The van der Waals surface area contributed by atoms with E-state index in [1.165, 1.54) is 0 Å². The van der Waals surface area contributed by atoms with Gasteiger partial charge in [-0.05, 0) is 31.2 Å². The van der Waals surface area contributed by atoms with E-state index in [9.17, 15) is 4.79 Å². The third-order valence-electron chi connectivity index (χ3n) is 3.41. The van der Waals surface area contributed by atoms with Crippen LogP contribution in [0.1, 0.15) is 6.42 Å². The SMILES string of the molecule is O=C(Nc1cccc(Cl)c1-n1cccn1)C1CCNC1. The van der Waals surface area contributed by atoms with E-state index in [2.05, 4.69) is 15.7 Å². The number of para-hydroxylation sites is 1. The molecule has 20 heavy (non-hydrogen) atoms. The van der Waals surface area contributed by atoms with Crippen molar-refractivity contribution < 1.29 is 4.79 Å². The topological polar surface area (TPSA) is 59.0 Å². The van der Waals surface area contributed by atoms with E-state index in [-0.39, 0.29) is 11.8 Å². The smallest absolute Gasteiger partial charge is 0.228 e. The van der Waals surface area contributed by atoms with Crippen LogP contribution in [0.4, 0.5) is 5.69 Å². The van der Waals surface area contributed by atoms with E-state index in [0.717, 1.165) is 19.5 Å². The Kier molecular flexibility index (Phi) is 3.71. The Bertz CT molecular complexity index is 606. The number of nitrogens with zero attached hydrogens (tertiary/aromatic N) is 2. The van der Waals surface area contributed by atoms with Gasteiger partial charge in [-0.15, -0.1) is 0 Å². The number of aromatic nitrogens is 2. The van der Waals surface area contributed by atoms with Gasteiger partial charge in [-0.2, -0.15) is 5.10 Å². The lowest BCUT2D eigenvalue weighted by Crippen LogP contribution is -2.25. The summed E-state index contributed by atoms with van der Waals surface area (Å²) in [6.45, 7) is 1.61. The quantitative estimate of drug-likeness (QED) is 0.910. The molecule has 0 spiro atoms. The fourth-order valence-electron chi connectivity index (χ4n) is 2.36. The molecular formula is C14H15ClN4O. The second kappa shape index (κ2) is 5.64. The minimum absolute atomic E-state index is 0.0134. The average Bonchev–Trinajstić information content (AvgIpc) is 3.12. The van der Waals surface area contributed by atoms with Crippen LogP contribution in [0.2, 0.25) is 5.02 Å². The zero-order chi connectivity index (χ0) is 13.9. The highest BCUT2D eigenvalue weighted by atomic mass is 35.5. The maximum atomic E-state index is 12.2. The monoisotopic (exact) mass is 290 g/mol. The number of benzene rings is 1. The van der Waals surface area contributed by atoms with Gasteiger partial charge in [-0.25, -0.2) is 4.68 Å². The summed E-state index contributed by atoms with van der Waals surface area (Å²) in [7, 11) is 0. The number of carbonyl (C=O) groups is 1. The first-order valence-electron chi connectivity index (χ1n) is 6.56. The van der Waals surface area contributed by atoms with Crippen LogP contribution in [-0.2, 0) is 4.79 Å². The summed E-state index contributed by atoms with van der Waals surface area (Å²) in [5.74, 6) is 0.0325.